The molecule has 1 unspecified atom stereocenters. The van der Waals surface area contributed by atoms with E-state index >= 15 is 0 Å². The quantitative estimate of drug-likeness (QED) is 0.674. The van der Waals surface area contributed by atoms with Gasteiger partial charge in [-0.25, -0.2) is 8.78 Å². The second-order valence-corrected chi connectivity index (χ2v) is 6.32. The summed E-state index contributed by atoms with van der Waals surface area (Å²) in [4.78, 5) is 11.1. The van der Waals surface area contributed by atoms with Gasteiger partial charge in [0.15, 0.2) is 0 Å². The number of aliphatic carboxylic acids is 1. The Morgan fingerprint density at radius 1 is 1.40 bits per heavy atom. The lowest BCUT2D eigenvalue weighted by Crippen LogP contribution is -2.54. The van der Waals surface area contributed by atoms with Crippen LogP contribution in [0.15, 0.2) is 0 Å². The number of alkyl halides is 2. The van der Waals surface area contributed by atoms with Crippen LogP contribution < -0.4 is 0 Å². The van der Waals surface area contributed by atoms with E-state index in [-0.39, 0.29) is 13.0 Å². The average Bonchev–Trinajstić information content (AvgIpc) is 2.37. The van der Waals surface area contributed by atoms with Gasteiger partial charge in [0.2, 0.25) is 0 Å². The highest BCUT2D eigenvalue weighted by Crippen LogP contribution is 2.23. The first-order valence-corrected chi connectivity index (χ1v) is 7.59. The van der Waals surface area contributed by atoms with Crippen LogP contribution in [0.25, 0.3) is 0 Å². The minimum Gasteiger partial charge on any atom is -0.480 e. The van der Waals surface area contributed by atoms with Crippen LogP contribution in [0, 0.1) is 0 Å². The standard InChI is InChI=1S/C10H18F2N2O5S/c11-9(12)7-13(5-6-15)20(18,19)14-4-2-1-3-8(14)10(16)17/h8-9,15H,1-7H2,(H,16,17). The Kier molecular flexibility index (Phi) is 6.24. The highest BCUT2D eigenvalue weighted by Gasteiger charge is 2.40. The summed E-state index contributed by atoms with van der Waals surface area (Å²) in [6.07, 6.45) is -1.71. The molecule has 0 spiro atoms. The van der Waals surface area contributed by atoms with Gasteiger partial charge in [-0.1, -0.05) is 0 Å². The molecule has 0 amide bonds. The number of carboxylic acids is 1. The van der Waals surface area contributed by atoms with Crippen molar-refractivity contribution in [3.05, 3.63) is 0 Å². The molecule has 7 nitrogen and oxygen atoms in total. The number of rotatable bonds is 7. The lowest BCUT2D eigenvalue weighted by atomic mass is 10.1. The molecule has 1 heterocycles. The molecule has 0 bridgehead atoms. The maximum absolute atomic E-state index is 12.4. The third-order valence-corrected chi connectivity index (χ3v) is 5.07. The fourth-order valence-corrected chi connectivity index (χ4v) is 3.93. The summed E-state index contributed by atoms with van der Waals surface area (Å²) in [6, 6.07) is -1.24. The van der Waals surface area contributed by atoms with Gasteiger partial charge in [0.05, 0.1) is 13.2 Å². The van der Waals surface area contributed by atoms with E-state index in [9.17, 15) is 22.0 Å². The van der Waals surface area contributed by atoms with Crippen molar-refractivity contribution in [1.29, 1.82) is 0 Å². The number of halogens is 2. The molecular weight excluding hydrogens is 298 g/mol. The van der Waals surface area contributed by atoms with Crippen LogP contribution in [-0.4, -0.2) is 71.9 Å². The summed E-state index contributed by atoms with van der Waals surface area (Å²) in [6.45, 7) is -2.19. The highest BCUT2D eigenvalue weighted by molar-refractivity contribution is 7.86. The van der Waals surface area contributed by atoms with Crippen LogP contribution in [0.4, 0.5) is 8.78 Å². The number of aliphatic hydroxyl groups excluding tert-OH is 1. The van der Waals surface area contributed by atoms with E-state index in [1.165, 1.54) is 0 Å². The third kappa shape index (κ3) is 4.08. The van der Waals surface area contributed by atoms with Crippen molar-refractivity contribution in [1.82, 2.24) is 8.61 Å². The summed E-state index contributed by atoms with van der Waals surface area (Å²) in [7, 11) is -4.33. The molecule has 1 fully saturated rings. The van der Waals surface area contributed by atoms with Crippen LogP contribution in [-0.2, 0) is 15.0 Å². The maximum atomic E-state index is 12.4. The molecule has 10 heteroatoms. The van der Waals surface area contributed by atoms with Gasteiger partial charge < -0.3 is 10.2 Å². The zero-order valence-corrected chi connectivity index (χ0v) is 11.6. The Morgan fingerprint density at radius 2 is 2.05 bits per heavy atom. The molecule has 0 aromatic rings. The minimum atomic E-state index is -4.33. The van der Waals surface area contributed by atoms with E-state index in [4.69, 9.17) is 10.2 Å². The first-order chi connectivity index (χ1) is 9.30. The van der Waals surface area contributed by atoms with E-state index in [1.54, 1.807) is 0 Å². The number of carbonyl (C=O) groups is 1. The van der Waals surface area contributed by atoms with Crippen LogP contribution in [0.2, 0.25) is 0 Å². The van der Waals surface area contributed by atoms with E-state index in [0.717, 1.165) is 4.31 Å². The van der Waals surface area contributed by atoms with Gasteiger partial charge in [-0.05, 0) is 19.3 Å². The molecule has 1 aliphatic heterocycles. The topological polar surface area (TPSA) is 98.2 Å². The zero-order chi connectivity index (χ0) is 15.3. The smallest absolute Gasteiger partial charge is 0.322 e. The summed E-state index contributed by atoms with van der Waals surface area (Å²) < 4.78 is 50.6. The predicted octanol–water partition coefficient (Wildman–Crippen LogP) is -0.270. The molecule has 0 aromatic carbocycles. The Hall–Kier alpha value is -0.840. The van der Waals surface area contributed by atoms with Crippen LogP contribution >= 0.6 is 0 Å². The average molecular weight is 316 g/mol. The van der Waals surface area contributed by atoms with E-state index in [1.807, 2.05) is 0 Å². The molecule has 2 N–H and O–H groups in total. The molecule has 0 aromatic heterocycles. The Balaban J connectivity index is 3.00. The molecule has 0 aliphatic carbocycles. The van der Waals surface area contributed by atoms with Gasteiger partial charge >= 0.3 is 5.97 Å². The van der Waals surface area contributed by atoms with Gasteiger partial charge in [0.1, 0.15) is 6.04 Å². The fraction of sp³-hybridized carbons (Fsp3) is 0.900. The highest BCUT2D eigenvalue weighted by atomic mass is 32.2. The van der Waals surface area contributed by atoms with Crippen molar-refractivity contribution in [3.8, 4) is 0 Å². The van der Waals surface area contributed by atoms with E-state index in [0.29, 0.717) is 17.1 Å². The Morgan fingerprint density at radius 3 is 2.55 bits per heavy atom. The van der Waals surface area contributed by atoms with E-state index in [2.05, 4.69) is 0 Å². The van der Waals surface area contributed by atoms with Crippen LogP contribution in [0.3, 0.4) is 0 Å². The largest absolute Gasteiger partial charge is 0.480 e. The summed E-state index contributed by atoms with van der Waals surface area (Å²) in [5.74, 6) is -1.30. The van der Waals surface area contributed by atoms with Crippen molar-refractivity contribution >= 4 is 16.2 Å². The maximum Gasteiger partial charge on any atom is 0.322 e. The molecular formula is C10H18F2N2O5S. The van der Waals surface area contributed by atoms with Crippen molar-refractivity contribution < 1.29 is 32.2 Å². The van der Waals surface area contributed by atoms with Gasteiger partial charge in [-0.2, -0.15) is 17.0 Å². The van der Waals surface area contributed by atoms with Gasteiger partial charge in [0, 0.05) is 13.1 Å². The predicted molar refractivity (Wildman–Crippen MR) is 65.6 cm³/mol. The molecule has 1 atom stereocenters. The Bertz CT molecular complexity index is 431. The zero-order valence-electron chi connectivity index (χ0n) is 10.8. The van der Waals surface area contributed by atoms with Crippen molar-refractivity contribution in [3.63, 3.8) is 0 Å². The van der Waals surface area contributed by atoms with Gasteiger partial charge in [-0.3, -0.25) is 4.79 Å². The van der Waals surface area contributed by atoms with Crippen molar-refractivity contribution in [2.24, 2.45) is 0 Å². The SMILES string of the molecule is O=C(O)C1CCCCN1S(=O)(=O)N(CCO)CC(F)F. The molecule has 1 aliphatic rings. The molecule has 20 heavy (non-hydrogen) atoms. The van der Waals surface area contributed by atoms with Crippen molar-refractivity contribution in [2.75, 3.05) is 26.2 Å². The van der Waals surface area contributed by atoms with Gasteiger partial charge in [0.25, 0.3) is 16.6 Å². The fourth-order valence-electron chi connectivity index (χ4n) is 2.14. The number of hydrogen-bond donors (Lipinski definition) is 2. The number of carboxylic acid groups (broad SMARTS) is 1. The van der Waals surface area contributed by atoms with Gasteiger partial charge in [-0.15, -0.1) is 0 Å². The van der Waals surface area contributed by atoms with Crippen LogP contribution in [0.5, 0.6) is 0 Å². The second kappa shape index (κ2) is 7.25. The van der Waals surface area contributed by atoms with Crippen molar-refractivity contribution in [2.45, 2.75) is 31.7 Å². The molecule has 118 valence electrons. The molecule has 0 radical (unpaired) electrons. The number of hydrogen-bond acceptors (Lipinski definition) is 4. The second-order valence-electron chi connectivity index (χ2n) is 4.44. The minimum absolute atomic E-state index is 0.0233. The number of piperidine rings is 1. The molecule has 1 saturated heterocycles. The normalized spacial score (nSPS) is 21.6. The molecule has 1 rings (SSSR count). The lowest BCUT2D eigenvalue weighted by molar-refractivity contribution is -0.142. The monoisotopic (exact) mass is 316 g/mol. The molecule has 0 saturated carbocycles. The number of nitrogens with zero attached hydrogens (tertiary/aromatic N) is 2. The summed E-state index contributed by atoms with van der Waals surface area (Å²) >= 11 is 0. The lowest BCUT2D eigenvalue weighted by Gasteiger charge is -2.35. The first kappa shape index (κ1) is 17.2. The van der Waals surface area contributed by atoms with Crippen LogP contribution in [0.1, 0.15) is 19.3 Å². The Labute approximate surface area is 116 Å². The third-order valence-electron chi connectivity index (χ3n) is 3.05. The summed E-state index contributed by atoms with van der Waals surface area (Å²) in [5, 5.41) is 17.8. The van der Waals surface area contributed by atoms with E-state index < -0.39 is 48.3 Å². The summed E-state index contributed by atoms with van der Waals surface area (Å²) in [5.41, 5.74) is 0. The first-order valence-electron chi connectivity index (χ1n) is 6.19. The number of aliphatic hydroxyl groups is 1.